The smallest absolute Gasteiger partial charge is 0.252 e. The third-order valence-corrected chi connectivity index (χ3v) is 5.31. The van der Waals surface area contributed by atoms with Crippen molar-refractivity contribution in [3.05, 3.63) is 35.4 Å². The largest absolute Gasteiger partial charge is 0.380 e. The minimum absolute atomic E-state index is 0.0571. The van der Waals surface area contributed by atoms with Crippen molar-refractivity contribution in [2.75, 3.05) is 7.05 Å². The number of amides is 1. The fourth-order valence-electron chi connectivity index (χ4n) is 2.24. The Morgan fingerprint density at radius 3 is 2.32 bits per heavy atom. The standard InChI is InChI=1S/C15H22N2O4S/c1-15(19,13-7-8-13)14(18)17-9-11-3-5-12(6-4-11)10-22(20,21)16-2/h3-6,13,16,19H,7-10H2,1-2H3,(H,17,18). The first-order valence-electron chi connectivity index (χ1n) is 7.24. The van der Waals surface area contributed by atoms with Gasteiger partial charge in [-0.15, -0.1) is 0 Å². The first kappa shape index (κ1) is 16.9. The van der Waals surface area contributed by atoms with Crippen LogP contribution in [0.1, 0.15) is 30.9 Å². The average Bonchev–Trinajstić information content (AvgIpc) is 3.31. The van der Waals surface area contributed by atoms with Gasteiger partial charge in [0.25, 0.3) is 5.91 Å². The van der Waals surface area contributed by atoms with Crippen LogP contribution in [0.25, 0.3) is 0 Å². The molecule has 0 saturated heterocycles. The summed E-state index contributed by atoms with van der Waals surface area (Å²) < 4.78 is 25.2. The third kappa shape index (κ3) is 4.28. The maximum absolute atomic E-state index is 12.0. The number of hydrogen-bond acceptors (Lipinski definition) is 4. The highest BCUT2D eigenvalue weighted by Crippen LogP contribution is 2.39. The van der Waals surface area contributed by atoms with Crippen molar-refractivity contribution >= 4 is 15.9 Å². The summed E-state index contributed by atoms with van der Waals surface area (Å²) >= 11 is 0. The van der Waals surface area contributed by atoms with Crippen LogP contribution in [0.5, 0.6) is 0 Å². The van der Waals surface area contributed by atoms with E-state index >= 15 is 0 Å². The lowest BCUT2D eigenvalue weighted by Gasteiger charge is -2.21. The van der Waals surface area contributed by atoms with E-state index in [9.17, 15) is 18.3 Å². The topological polar surface area (TPSA) is 95.5 Å². The first-order chi connectivity index (χ1) is 10.2. The van der Waals surface area contributed by atoms with E-state index in [4.69, 9.17) is 0 Å². The number of aliphatic hydroxyl groups is 1. The summed E-state index contributed by atoms with van der Waals surface area (Å²) in [6, 6.07) is 6.98. The summed E-state index contributed by atoms with van der Waals surface area (Å²) in [6.45, 7) is 1.85. The molecule has 0 aliphatic heterocycles. The SMILES string of the molecule is CNS(=O)(=O)Cc1ccc(CNC(=O)C(C)(O)C2CC2)cc1. The van der Waals surface area contributed by atoms with Gasteiger partial charge in [0.2, 0.25) is 10.0 Å². The van der Waals surface area contributed by atoms with Gasteiger partial charge in [-0.3, -0.25) is 4.79 Å². The lowest BCUT2D eigenvalue weighted by atomic mass is 9.99. The van der Waals surface area contributed by atoms with E-state index < -0.39 is 15.6 Å². The molecule has 6 nitrogen and oxygen atoms in total. The quantitative estimate of drug-likeness (QED) is 0.680. The maximum Gasteiger partial charge on any atom is 0.252 e. The molecular weight excluding hydrogens is 304 g/mol. The van der Waals surface area contributed by atoms with E-state index in [-0.39, 0.29) is 17.6 Å². The highest BCUT2D eigenvalue weighted by molar-refractivity contribution is 7.88. The van der Waals surface area contributed by atoms with Gasteiger partial charge in [0.1, 0.15) is 5.60 Å². The van der Waals surface area contributed by atoms with Crippen molar-refractivity contribution in [3.8, 4) is 0 Å². The van der Waals surface area contributed by atoms with Crippen molar-refractivity contribution in [1.82, 2.24) is 10.0 Å². The van der Waals surface area contributed by atoms with Crippen LogP contribution in [-0.2, 0) is 27.1 Å². The number of carbonyl (C=O) groups excluding carboxylic acids is 1. The zero-order valence-corrected chi connectivity index (χ0v) is 13.6. The van der Waals surface area contributed by atoms with E-state index in [1.807, 2.05) is 0 Å². The summed E-state index contributed by atoms with van der Waals surface area (Å²) in [6.07, 6.45) is 1.77. The number of carbonyl (C=O) groups is 1. The van der Waals surface area contributed by atoms with E-state index in [0.29, 0.717) is 12.1 Å². The molecule has 122 valence electrons. The van der Waals surface area contributed by atoms with Gasteiger partial charge in [-0.05, 0) is 43.9 Å². The summed E-state index contributed by atoms with van der Waals surface area (Å²) in [5, 5.41) is 12.8. The Morgan fingerprint density at radius 1 is 1.27 bits per heavy atom. The highest BCUT2D eigenvalue weighted by Gasteiger charge is 2.45. The number of nitrogens with one attached hydrogen (secondary N) is 2. The molecule has 1 aromatic carbocycles. The lowest BCUT2D eigenvalue weighted by Crippen LogP contribution is -2.45. The zero-order chi connectivity index (χ0) is 16.4. The molecule has 3 N–H and O–H groups in total. The molecule has 1 atom stereocenters. The fraction of sp³-hybridized carbons (Fsp3) is 0.533. The van der Waals surface area contributed by atoms with Crippen molar-refractivity contribution in [3.63, 3.8) is 0 Å². The van der Waals surface area contributed by atoms with E-state index in [2.05, 4.69) is 10.0 Å². The van der Waals surface area contributed by atoms with E-state index in [1.54, 1.807) is 31.2 Å². The van der Waals surface area contributed by atoms with Crippen molar-refractivity contribution in [2.45, 2.75) is 37.7 Å². The molecule has 2 rings (SSSR count). The molecule has 0 bridgehead atoms. The Balaban J connectivity index is 1.90. The number of benzene rings is 1. The van der Waals surface area contributed by atoms with Crippen molar-refractivity contribution < 1.29 is 18.3 Å². The number of hydrogen-bond donors (Lipinski definition) is 3. The van der Waals surface area contributed by atoms with Crippen LogP contribution in [0.3, 0.4) is 0 Å². The van der Waals surface area contributed by atoms with Crippen LogP contribution in [0.2, 0.25) is 0 Å². The molecule has 0 aromatic heterocycles. The summed E-state index contributed by atoms with van der Waals surface area (Å²) in [7, 11) is -1.91. The van der Waals surface area contributed by atoms with Gasteiger partial charge in [0.15, 0.2) is 0 Å². The van der Waals surface area contributed by atoms with Crippen molar-refractivity contribution in [2.24, 2.45) is 5.92 Å². The Bertz CT molecular complexity index is 634. The van der Waals surface area contributed by atoms with Gasteiger partial charge >= 0.3 is 0 Å². The maximum atomic E-state index is 12.0. The lowest BCUT2D eigenvalue weighted by molar-refractivity contribution is -0.140. The minimum Gasteiger partial charge on any atom is -0.380 e. The van der Waals surface area contributed by atoms with Gasteiger partial charge in [-0.1, -0.05) is 24.3 Å². The normalized spacial score (nSPS) is 17.8. The second-order valence-electron chi connectivity index (χ2n) is 5.88. The molecule has 1 unspecified atom stereocenters. The minimum atomic E-state index is -3.29. The average molecular weight is 326 g/mol. The van der Waals surface area contributed by atoms with Crippen LogP contribution in [0.4, 0.5) is 0 Å². The molecule has 0 spiro atoms. The van der Waals surface area contributed by atoms with Crippen molar-refractivity contribution in [1.29, 1.82) is 0 Å². The molecule has 1 saturated carbocycles. The Kier molecular flexibility index (Phi) is 4.89. The molecule has 22 heavy (non-hydrogen) atoms. The molecule has 1 amide bonds. The summed E-state index contributed by atoms with van der Waals surface area (Å²) in [5.41, 5.74) is 0.223. The molecule has 7 heteroatoms. The first-order valence-corrected chi connectivity index (χ1v) is 8.89. The predicted octanol–water partition coefficient (Wildman–Crippen LogP) is 0.513. The highest BCUT2D eigenvalue weighted by atomic mass is 32.2. The van der Waals surface area contributed by atoms with Gasteiger partial charge in [-0.25, -0.2) is 13.1 Å². The van der Waals surface area contributed by atoms with Crippen LogP contribution in [0, 0.1) is 5.92 Å². The predicted molar refractivity (Wildman–Crippen MR) is 83.3 cm³/mol. The van der Waals surface area contributed by atoms with Gasteiger partial charge in [-0.2, -0.15) is 0 Å². The zero-order valence-electron chi connectivity index (χ0n) is 12.8. The Hall–Kier alpha value is -1.44. The van der Waals surface area contributed by atoms with Crippen LogP contribution < -0.4 is 10.0 Å². The molecular formula is C15H22N2O4S. The molecule has 1 aromatic rings. The second kappa shape index (κ2) is 6.36. The Labute approximate surface area is 131 Å². The van der Waals surface area contributed by atoms with Gasteiger partial charge in [0, 0.05) is 6.54 Å². The summed E-state index contributed by atoms with van der Waals surface area (Å²) in [5.74, 6) is -0.384. The van der Waals surface area contributed by atoms with Gasteiger partial charge < -0.3 is 10.4 Å². The second-order valence-corrected chi connectivity index (χ2v) is 7.81. The molecule has 1 fully saturated rings. The van der Waals surface area contributed by atoms with E-state index in [0.717, 1.165) is 18.4 Å². The molecule has 1 aliphatic carbocycles. The fourth-order valence-corrected chi connectivity index (χ4v) is 3.01. The number of sulfonamides is 1. The Morgan fingerprint density at radius 2 is 1.82 bits per heavy atom. The monoisotopic (exact) mass is 326 g/mol. The van der Waals surface area contributed by atoms with Crippen LogP contribution >= 0.6 is 0 Å². The number of rotatable bonds is 7. The third-order valence-electron chi connectivity index (χ3n) is 3.98. The van der Waals surface area contributed by atoms with Gasteiger partial charge in [0.05, 0.1) is 5.75 Å². The summed E-state index contributed by atoms with van der Waals surface area (Å²) in [4.78, 5) is 12.0. The molecule has 0 heterocycles. The van der Waals surface area contributed by atoms with Crippen LogP contribution in [0.15, 0.2) is 24.3 Å². The van der Waals surface area contributed by atoms with Crippen LogP contribution in [-0.4, -0.2) is 32.1 Å². The van der Waals surface area contributed by atoms with E-state index in [1.165, 1.54) is 7.05 Å². The molecule has 0 radical (unpaired) electrons. The molecule has 1 aliphatic rings.